The van der Waals surface area contributed by atoms with Gasteiger partial charge in [0.05, 0.1) is 13.3 Å². The van der Waals surface area contributed by atoms with Gasteiger partial charge >= 0.3 is 0 Å². The van der Waals surface area contributed by atoms with Crippen LogP contribution in [0, 0.1) is 5.92 Å². The first kappa shape index (κ1) is 21.3. The van der Waals surface area contributed by atoms with Crippen molar-refractivity contribution < 1.29 is 14.3 Å². The molecule has 2 aromatic rings. The Labute approximate surface area is 183 Å². The van der Waals surface area contributed by atoms with Gasteiger partial charge in [0.1, 0.15) is 5.75 Å². The number of carbonyl (C=O) groups excluding carboxylic acids is 2. The molecule has 2 aromatic carbocycles. The van der Waals surface area contributed by atoms with E-state index in [9.17, 15) is 9.59 Å². The minimum absolute atomic E-state index is 0.0414. The predicted octanol–water partition coefficient (Wildman–Crippen LogP) is 4.11. The molecular formula is C21H21BrClN3O3. The van der Waals surface area contributed by atoms with Crippen molar-refractivity contribution >= 4 is 45.6 Å². The molecule has 1 N–H and O–H groups in total. The summed E-state index contributed by atoms with van der Waals surface area (Å²) in [6, 6.07) is 12.4. The van der Waals surface area contributed by atoms with Crippen LogP contribution in [0.5, 0.6) is 5.75 Å². The highest BCUT2D eigenvalue weighted by atomic mass is 79.9. The lowest BCUT2D eigenvalue weighted by Gasteiger charge is -2.31. The van der Waals surface area contributed by atoms with Gasteiger partial charge in [0.25, 0.3) is 5.91 Å². The second-order valence-electron chi connectivity index (χ2n) is 6.69. The zero-order chi connectivity index (χ0) is 20.8. The van der Waals surface area contributed by atoms with Crippen LogP contribution in [0.4, 0.5) is 0 Å². The molecule has 1 saturated heterocycles. The lowest BCUT2D eigenvalue weighted by atomic mass is 9.95. The highest BCUT2D eigenvalue weighted by Crippen LogP contribution is 2.22. The molecule has 3 rings (SSSR count). The topological polar surface area (TPSA) is 71.0 Å². The maximum atomic E-state index is 12.5. The zero-order valence-corrected chi connectivity index (χ0v) is 18.2. The van der Waals surface area contributed by atoms with Crippen molar-refractivity contribution in [2.24, 2.45) is 11.0 Å². The van der Waals surface area contributed by atoms with E-state index in [0.717, 1.165) is 10.0 Å². The van der Waals surface area contributed by atoms with Crippen LogP contribution in [0.3, 0.4) is 0 Å². The molecule has 0 aromatic heterocycles. The summed E-state index contributed by atoms with van der Waals surface area (Å²) in [5, 5.41) is 4.65. The Morgan fingerprint density at radius 2 is 1.90 bits per heavy atom. The third-order valence-electron chi connectivity index (χ3n) is 4.81. The van der Waals surface area contributed by atoms with Crippen LogP contribution >= 0.6 is 27.5 Å². The largest absolute Gasteiger partial charge is 0.496 e. The summed E-state index contributed by atoms with van der Waals surface area (Å²) < 4.78 is 6.17. The lowest BCUT2D eigenvalue weighted by molar-refractivity contribution is -0.126. The number of hydrazone groups is 1. The molecule has 0 bridgehead atoms. The summed E-state index contributed by atoms with van der Waals surface area (Å²) in [6.07, 6.45) is 2.75. The van der Waals surface area contributed by atoms with Crippen molar-refractivity contribution in [2.75, 3.05) is 20.2 Å². The van der Waals surface area contributed by atoms with E-state index >= 15 is 0 Å². The predicted molar refractivity (Wildman–Crippen MR) is 117 cm³/mol. The van der Waals surface area contributed by atoms with Crippen LogP contribution in [0.15, 0.2) is 52.0 Å². The van der Waals surface area contributed by atoms with Gasteiger partial charge in [-0.2, -0.15) is 5.10 Å². The molecule has 152 valence electrons. The minimum Gasteiger partial charge on any atom is -0.496 e. The summed E-state index contributed by atoms with van der Waals surface area (Å²) in [4.78, 5) is 26.7. The number of hydrogen-bond donors (Lipinski definition) is 1. The Hall–Kier alpha value is -2.38. The minimum atomic E-state index is -0.175. The fourth-order valence-electron chi connectivity index (χ4n) is 3.18. The van der Waals surface area contributed by atoms with Gasteiger partial charge in [-0.25, -0.2) is 5.43 Å². The van der Waals surface area contributed by atoms with Crippen molar-refractivity contribution in [3.05, 3.63) is 63.1 Å². The van der Waals surface area contributed by atoms with Gasteiger partial charge in [-0.05, 0) is 55.3 Å². The van der Waals surface area contributed by atoms with Crippen LogP contribution in [0.25, 0.3) is 0 Å². The standard InChI is InChI=1S/C21H21BrClN3O3/c1-29-19-7-4-17(22)12-16(19)13-24-25-20(27)14-8-10-26(11-9-14)21(28)15-2-5-18(23)6-3-15/h2-7,12-14H,8-11H2,1H3,(H,25,27)/b24-13-. The number of rotatable bonds is 5. The number of likely N-dealkylation sites (tertiary alicyclic amines) is 1. The molecule has 1 heterocycles. The maximum Gasteiger partial charge on any atom is 0.253 e. The molecule has 0 atom stereocenters. The van der Waals surface area contributed by atoms with Gasteiger partial charge in [-0.1, -0.05) is 27.5 Å². The second kappa shape index (κ2) is 9.89. The molecule has 1 fully saturated rings. The maximum absolute atomic E-state index is 12.5. The van der Waals surface area contributed by atoms with E-state index in [2.05, 4.69) is 26.5 Å². The average molecular weight is 479 g/mol. The molecule has 1 aliphatic rings. The number of nitrogens with zero attached hydrogens (tertiary/aromatic N) is 2. The number of amides is 2. The number of ether oxygens (including phenoxy) is 1. The number of piperidine rings is 1. The van der Waals surface area contributed by atoms with Crippen LogP contribution in [-0.4, -0.2) is 43.1 Å². The molecule has 2 amide bonds. The zero-order valence-electron chi connectivity index (χ0n) is 15.9. The quantitative estimate of drug-likeness (QED) is 0.519. The number of benzene rings is 2. The van der Waals surface area contributed by atoms with Crippen molar-refractivity contribution in [3.8, 4) is 5.75 Å². The Kier molecular flexibility index (Phi) is 7.28. The van der Waals surface area contributed by atoms with Crippen LogP contribution in [-0.2, 0) is 4.79 Å². The number of hydrogen-bond acceptors (Lipinski definition) is 4. The molecule has 29 heavy (non-hydrogen) atoms. The normalized spacial score (nSPS) is 14.8. The smallest absolute Gasteiger partial charge is 0.253 e. The van der Waals surface area contributed by atoms with Gasteiger partial charge in [0.15, 0.2) is 0 Å². The highest BCUT2D eigenvalue weighted by molar-refractivity contribution is 9.10. The molecule has 1 aliphatic heterocycles. The average Bonchev–Trinajstić information content (AvgIpc) is 2.74. The first-order chi connectivity index (χ1) is 14.0. The van der Waals surface area contributed by atoms with E-state index in [0.29, 0.717) is 42.3 Å². The Morgan fingerprint density at radius 3 is 2.55 bits per heavy atom. The SMILES string of the molecule is COc1ccc(Br)cc1/C=N\NC(=O)C1CCN(C(=O)c2ccc(Cl)cc2)CC1. The van der Waals surface area contributed by atoms with Crippen molar-refractivity contribution in [3.63, 3.8) is 0 Å². The second-order valence-corrected chi connectivity index (χ2v) is 8.05. The van der Waals surface area contributed by atoms with Crippen LogP contribution in [0.1, 0.15) is 28.8 Å². The van der Waals surface area contributed by atoms with E-state index in [4.69, 9.17) is 16.3 Å². The van der Waals surface area contributed by atoms with Gasteiger partial charge < -0.3 is 9.64 Å². The number of halogens is 2. The molecule has 0 radical (unpaired) electrons. The molecular weight excluding hydrogens is 458 g/mol. The summed E-state index contributed by atoms with van der Waals surface area (Å²) in [5.41, 5.74) is 3.95. The highest BCUT2D eigenvalue weighted by Gasteiger charge is 2.27. The van der Waals surface area contributed by atoms with E-state index in [1.807, 2.05) is 18.2 Å². The van der Waals surface area contributed by atoms with Gasteiger partial charge in [0.2, 0.25) is 5.91 Å². The molecule has 0 spiro atoms. The number of methoxy groups -OCH3 is 1. The van der Waals surface area contributed by atoms with Crippen LogP contribution < -0.4 is 10.2 Å². The van der Waals surface area contributed by atoms with Gasteiger partial charge in [0, 0.05) is 39.6 Å². The molecule has 8 heteroatoms. The Balaban J connectivity index is 1.52. The fraction of sp³-hybridized carbons (Fsp3) is 0.286. The van der Waals surface area contributed by atoms with Crippen molar-refractivity contribution in [1.82, 2.24) is 10.3 Å². The van der Waals surface area contributed by atoms with Crippen molar-refractivity contribution in [1.29, 1.82) is 0 Å². The molecule has 0 aliphatic carbocycles. The summed E-state index contributed by atoms with van der Waals surface area (Å²) >= 11 is 9.27. The Bertz CT molecular complexity index is 910. The number of carbonyl (C=O) groups is 2. The Morgan fingerprint density at radius 1 is 1.21 bits per heavy atom. The molecule has 0 saturated carbocycles. The molecule has 6 nitrogen and oxygen atoms in total. The van der Waals surface area contributed by atoms with E-state index in [-0.39, 0.29) is 17.7 Å². The lowest BCUT2D eigenvalue weighted by Crippen LogP contribution is -2.42. The third-order valence-corrected chi connectivity index (χ3v) is 5.56. The fourth-order valence-corrected chi connectivity index (χ4v) is 3.69. The third kappa shape index (κ3) is 5.58. The summed E-state index contributed by atoms with van der Waals surface area (Å²) in [5.74, 6) is 0.306. The summed E-state index contributed by atoms with van der Waals surface area (Å²) in [6.45, 7) is 1.06. The molecule has 0 unspecified atom stereocenters. The van der Waals surface area contributed by atoms with E-state index < -0.39 is 0 Å². The van der Waals surface area contributed by atoms with Gasteiger partial charge in [-0.3, -0.25) is 9.59 Å². The summed E-state index contributed by atoms with van der Waals surface area (Å²) in [7, 11) is 1.58. The number of nitrogens with one attached hydrogen (secondary N) is 1. The van der Waals surface area contributed by atoms with Crippen LogP contribution in [0.2, 0.25) is 5.02 Å². The monoisotopic (exact) mass is 477 g/mol. The van der Waals surface area contributed by atoms with E-state index in [1.54, 1.807) is 42.5 Å². The first-order valence-corrected chi connectivity index (χ1v) is 10.4. The van der Waals surface area contributed by atoms with Crippen molar-refractivity contribution in [2.45, 2.75) is 12.8 Å². The van der Waals surface area contributed by atoms with Gasteiger partial charge in [-0.15, -0.1) is 0 Å². The van der Waals surface area contributed by atoms with E-state index in [1.165, 1.54) is 0 Å². The first-order valence-electron chi connectivity index (χ1n) is 9.19.